The fourth-order valence-corrected chi connectivity index (χ4v) is 1.27. The molecular formula is C10H6BrF2NO. The van der Waals surface area contributed by atoms with E-state index in [1.165, 1.54) is 19.1 Å². The third-order valence-electron chi connectivity index (χ3n) is 1.81. The summed E-state index contributed by atoms with van der Waals surface area (Å²) in [6, 6.07) is 4.10. The van der Waals surface area contributed by atoms with E-state index in [4.69, 9.17) is 5.26 Å². The van der Waals surface area contributed by atoms with Crippen molar-refractivity contribution in [1.29, 1.82) is 5.26 Å². The topological polar surface area (TPSA) is 44.0 Å². The van der Waals surface area contributed by atoms with E-state index in [0.717, 1.165) is 0 Å². The van der Waals surface area contributed by atoms with Gasteiger partial charge in [-0.2, -0.15) is 5.26 Å². The van der Waals surface area contributed by atoms with Gasteiger partial charge in [0.15, 0.2) is 11.6 Å². The minimum atomic E-state index is -1.18. The van der Waals surface area contributed by atoms with Gasteiger partial charge in [0.2, 0.25) is 0 Å². The van der Waals surface area contributed by atoms with Gasteiger partial charge >= 0.3 is 0 Å². The lowest BCUT2D eigenvalue weighted by Gasteiger charge is -2.04. The Bertz CT molecular complexity index is 477. The van der Waals surface area contributed by atoms with Gasteiger partial charge < -0.3 is 5.11 Å². The molecule has 1 N–H and O–H groups in total. The molecule has 0 fully saturated rings. The van der Waals surface area contributed by atoms with E-state index >= 15 is 0 Å². The number of halogens is 3. The van der Waals surface area contributed by atoms with Crippen molar-refractivity contribution in [2.24, 2.45) is 0 Å². The predicted molar refractivity (Wildman–Crippen MR) is 54.9 cm³/mol. The molecule has 0 bridgehead atoms. The first-order valence-corrected chi connectivity index (χ1v) is 4.72. The molecule has 1 rings (SSSR count). The molecule has 0 aliphatic heterocycles. The Labute approximate surface area is 93.6 Å². The maximum Gasteiger partial charge on any atom is 0.173 e. The van der Waals surface area contributed by atoms with Crippen LogP contribution in [0.25, 0.3) is 5.76 Å². The highest BCUT2D eigenvalue weighted by molar-refractivity contribution is 9.10. The van der Waals surface area contributed by atoms with Crippen LogP contribution in [0.3, 0.4) is 0 Å². The van der Waals surface area contributed by atoms with Crippen LogP contribution in [0.1, 0.15) is 12.5 Å². The molecular weight excluding hydrogens is 268 g/mol. The van der Waals surface area contributed by atoms with Gasteiger partial charge in [0.05, 0.1) is 21.7 Å². The first kappa shape index (κ1) is 11.7. The Kier molecular flexibility index (Phi) is 3.43. The number of hydrogen-bond acceptors (Lipinski definition) is 2. The third kappa shape index (κ3) is 2.16. The zero-order chi connectivity index (χ0) is 11.6. The van der Waals surface area contributed by atoms with E-state index in [1.807, 2.05) is 0 Å². The number of nitriles is 1. The van der Waals surface area contributed by atoms with Crippen molar-refractivity contribution >= 4 is 21.7 Å². The Morgan fingerprint density at radius 1 is 1.40 bits per heavy atom. The van der Waals surface area contributed by atoms with E-state index in [2.05, 4.69) is 15.9 Å². The first-order valence-electron chi connectivity index (χ1n) is 3.92. The van der Waals surface area contributed by atoms with Crippen LogP contribution in [0.15, 0.2) is 22.2 Å². The molecule has 0 radical (unpaired) electrons. The monoisotopic (exact) mass is 273 g/mol. The molecule has 1 aromatic rings. The number of hydrogen-bond donors (Lipinski definition) is 1. The van der Waals surface area contributed by atoms with E-state index in [-0.39, 0.29) is 15.6 Å². The molecule has 2 nitrogen and oxygen atoms in total. The summed E-state index contributed by atoms with van der Waals surface area (Å²) < 4.78 is 26.3. The molecule has 0 atom stereocenters. The van der Waals surface area contributed by atoms with Gasteiger partial charge in [0.25, 0.3) is 0 Å². The summed E-state index contributed by atoms with van der Waals surface area (Å²) in [6.07, 6.45) is 0. The Balaban J connectivity index is 3.43. The second-order valence-electron chi connectivity index (χ2n) is 2.81. The SMILES string of the molecule is CC(C#N)=C(O)c1ccc(Br)c(F)c1F. The van der Waals surface area contributed by atoms with Gasteiger partial charge in [-0.15, -0.1) is 0 Å². The molecule has 5 heteroatoms. The van der Waals surface area contributed by atoms with Crippen LogP contribution < -0.4 is 0 Å². The number of aliphatic hydroxyl groups is 1. The quantitative estimate of drug-likeness (QED) is 0.483. The number of benzene rings is 1. The highest BCUT2D eigenvalue weighted by Crippen LogP contribution is 2.25. The number of rotatable bonds is 1. The summed E-state index contributed by atoms with van der Waals surface area (Å²) >= 11 is 2.81. The molecule has 0 aromatic heterocycles. The van der Waals surface area contributed by atoms with Crippen molar-refractivity contribution < 1.29 is 13.9 Å². The molecule has 1 aromatic carbocycles. The molecule has 0 aliphatic rings. The summed E-state index contributed by atoms with van der Waals surface area (Å²) in [5.74, 6) is -2.83. The van der Waals surface area contributed by atoms with Gasteiger partial charge in [-0.1, -0.05) is 0 Å². The molecule has 0 saturated heterocycles. The van der Waals surface area contributed by atoms with Crippen molar-refractivity contribution in [1.82, 2.24) is 0 Å². The van der Waals surface area contributed by atoms with Crippen molar-refractivity contribution in [2.45, 2.75) is 6.92 Å². The number of allylic oxidation sites excluding steroid dienone is 1. The van der Waals surface area contributed by atoms with Crippen molar-refractivity contribution in [2.75, 3.05) is 0 Å². The average molecular weight is 274 g/mol. The molecule has 0 aliphatic carbocycles. The number of aliphatic hydroxyl groups excluding tert-OH is 1. The largest absolute Gasteiger partial charge is 0.506 e. The summed E-state index contributed by atoms with van der Waals surface area (Å²) in [7, 11) is 0. The van der Waals surface area contributed by atoms with E-state index in [1.54, 1.807) is 6.07 Å². The average Bonchev–Trinajstić information content (AvgIpc) is 2.24. The van der Waals surface area contributed by atoms with Gasteiger partial charge in [-0.3, -0.25) is 0 Å². The molecule has 0 saturated carbocycles. The molecule has 0 unspecified atom stereocenters. The van der Waals surface area contributed by atoms with Gasteiger partial charge in [-0.25, -0.2) is 8.78 Å². The van der Waals surface area contributed by atoms with Crippen molar-refractivity contribution in [3.63, 3.8) is 0 Å². The van der Waals surface area contributed by atoms with E-state index in [9.17, 15) is 13.9 Å². The molecule has 15 heavy (non-hydrogen) atoms. The second kappa shape index (κ2) is 4.41. The van der Waals surface area contributed by atoms with Crippen LogP contribution in [0.4, 0.5) is 8.78 Å². The maximum absolute atomic E-state index is 13.3. The first-order chi connectivity index (χ1) is 6.99. The van der Waals surface area contributed by atoms with Crippen LogP contribution in [0.2, 0.25) is 0 Å². The third-order valence-corrected chi connectivity index (χ3v) is 2.43. The van der Waals surface area contributed by atoms with Crippen LogP contribution in [-0.2, 0) is 0 Å². The van der Waals surface area contributed by atoms with E-state index in [0.29, 0.717) is 0 Å². The molecule has 0 amide bonds. The zero-order valence-electron chi connectivity index (χ0n) is 7.68. The fraction of sp³-hybridized carbons (Fsp3) is 0.100. The van der Waals surface area contributed by atoms with Crippen LogP contribution in [0, 0.1) is 23.0 Å². The standard InChI is InChI=1S/C10H6BrF2NO/c1-5(4-14)10(15)6-2-3-7(11)9(13)8(6)12/h2-3,15H,1H3. The zero-order valence-corrected chi connectivity index (χ0v) is 9.27. The molecule has 0 heterocycles. The summed E-state index contributed by atoms with van der Waals surface area (Å²) in [5.41, 5.74) is -0.398. The van der Waals surface area contributed by atoms with Crippen LogP contribution in [-0.4, -0.2) is 5.11 Å². The van der Waals surface area contributed by atoms with Crippen LogP contribution >= 0.6 is 15.9 Å². The minimum Gasteiger partial charge on any atom is -0.506 e. The summed E-state index contributed by atoms with van der Waals surface area (Å²) in [5, 5.41) is 17.9. The van der Waals surface area contributed by atoms with Gasteiger partial charge in [-0.05, 0) is 35.0 Å². The maximum atomic E-state index is 13.3. The van der Waals surface area contributed by atoms with Crippen molar-refractivity contribution in [3.8, 4) is 6.07 Å². The smallest absolute Gasteiger partial charge is 0.173 e. The molecule has 0 spiro atoms. The number of nitrogens with zero attached hydrogens (tertiary/aromatic N) is 1. The summed E-state index contributed by atoms with van der Waals surface area (Å²) in [6.45, 7) is 1.31. The minimum absolute atomic E-state index is 0.0360. The second-order valence-corrected chi connectivity index (χ2v) is 3.66. The lowest BCUT2D eigenvalue weighted by molar-refractivity contribution is 0.474. The Morgan fingerprint density at radius 3 is 2.53 bits per heavy atom. The predicted octanol–water partition coefficient (Wildman–Crippen LogP) is 3.54. The Morgan fingerprint density at radius 2 is 2.00 bits per heavy atom. The Hall–Kier alpha value is -1.41. The van der Waals surface area contributed by atoms with Crippen molar-refractivity contribution in [3.05, 3.63) is 39.4 Å². The highest BCUT2D eigenvalue weighted by atomic mass is 79.9. The van der Waals surface area contributed by atoms with Gasteiger partial charge in [0.1, 0.15) is 5.76 Å². The summed E-state index contributed by atoms with van der Waals surface area (Å²) in [4.78, 5) is 0. The normalized spacial score (nSPS) is 11.9. The lowest BCUT2D eigenvalue weighted by atomic mass is 10.1. The molecule has 78 valence electrons. The fourth-order valence-electron chi connectivity index (χ4n) is 0.964. The van der Waals surface area contributed by atoms with Crippen LogP contribution in [0.5, 0.6) is 0 Å². The lowest BCUT2D eigenvalue weighted by Crippen LogP contribution is -1.96. The highest BCUT2D eigenvalue weighted by Gasteiger charge is 2.16. The van der Waals surface area contributed by atoms with E-state index < -0.39 is 17.4 Å². The van der Waals surface area contributed by atoms with Gasteiger partial charge in [0, 0.05) is 0 Å².